The lowest BCUT2D eigenvalue weighted by molar-refractivity contribution is -0.385. The van der Waals surface area contributed by atoms with Crippen LogP contribution in [0.1, 0.15) is 38.2 Å². The Morgan fingerprint density at radius 1 is 1.30 bits per heavy atom. The summed E-state index contributed by atoms with van der Waals surface area (Å²) in [6, 6.07) is 4.43. The average Bonchev–Trinajstić information content (AvgIpc) is 2.66. The molecule has 1 aliphatic carbocycles. The molecule has 1 N–H and O–H groups in total. The summed E-state index contributed by atoms with van der Waals surface area (Å²) < 4.78 is 10.2. The highest BCUT2D eigenvalue weighted by atomic mass is 16.6. The number of nitrogens with one attached hydrogen (secondary N) is 1. The number of nitriles is 1. The van der Waals surface area contributed by atoms with Crippen LogP contribution >= 0.6 is 0 Å². The molecule has 27 heavy (non-hydrogen) atoms. The minimum absolute atomic E-state index is 0.00314. The minimum Gasteiger partial charge on any atom is -0.493 e. The molecule has 0 bridgehead atoms. The summed E-state index contributed by atoms with van der Waals surface area (Å²) in [6.45, 7) is 2.07. The summed E-state index contributed by atoms with van der Waals surface area (Å²) in [5.74, 6) is 0.270. The highest BCUT2D eigenvalue weighted by Gasteiger charge is 2.25. The van der Waals surface area contributed by atoms with Gasteiger partial charge >= 0.3 is 0 Å². The van der Waals surface area contributed by atoms with Crippen LogP contribution in [0.2, 0.25) is 0 Å². The lowest BCUT2D eigenvalue weighted by Gasteiger charge is -2.29. The van der Waals surface area contributed by atoms with Crippen molar-refractivity contribution in [3.63, 3.8) is 0 Å². The van der Waals surface area contributed by atoms with Gasteiger partial charge in [0.2, 0.25) is 0 Å². The van der Waals surface area contributed by atoms with Gasteiger partial charge in [-0.15, -0.1) is 0 Å². The Balaban J connectivity index is 2.37. The van der Waals surface area contributed by atoms with E-state index in [4.69, 9.17) is 9.47 Å². The summed E-state index contributed by atoms with van der Waals surface area (Å²) in [4.78, 5) is 23.3. The summed E-state index contributed by atoms with van der Waals surface area (Å²) in [7, 11) is 2.77. The smallest absolute Gasteiger partial charge is 0.280 e. The fourth-order valence-corrected chi connectivity index (χ4v) is 3.24. The molecule has 8 nitrogen and oxygen atoms in total. The van der Waals surface area contributed by atoms with E-state index in [2.05, 4.69) is 12.2 Å². The SMILES string of the molecule is COc1cc(/C=C(\C#N)C(=O)N[C@@H]2CCCC[C@@H]2C)c([N+](=O)[O-])cc1OC. The van der Waals surface area contributed by atoms with Gasteiger partial charge in [0.1, 0.15) is 11.6 Å². The molecule has 1 fully saturated rings. The van der Waals surface area contributed by atoms with Gasteiger partial charge in [0.05, 0.1) is 30.8 Å². The van der Waals surface area contributed by atoms with Crippen molar-refractivity contribution in [2.75, 3.05) is 14.2 Å². The Hall–Kier alpha value is -3.08. The zero-order chi connectivity index (χ0) is 20.0. The number of hydrogen-bond acceptors (Lipinski definition) is 6. The third-order valence-electron chi connectivity index (χ3n) is 4.82. The number of nitro groups is 1. The van der Waals surface area contributed by atoms with Crippen LogP contribution in [0.4, 0.5) is 5.69 Å². The van der Waals surface area contributed by atoms with Crippen LogP contribution in [0.25, 0.3) is 6.08 Å². The Morgan fingerprint density at radius 3 is 2.48 bits per heavy atom. The van der Waals surface area contributed by atoms with Gasteiger partial charge < -0.3 is 14.8 Å². The number of hydrogen-bond donors (Lipinski definition) is 1. The van der Waals surface area contributed by atoms with Crippen molar-refractivity contribution in [3.05, 3.63) is 33.4 Å². The topological polar surface area (TPSA) is 114 Å². The van der Waals surface area contributed by atoms with Crippen LogP contribution in [0, 0.1) is 27.4 Å². The second-order valence-electron chi connectivity index (χ2n) is 6.53. The predicted octanol–water partition coefficient (Wildman–Crippen LogP) is 3.21. The Labute approximate surface area is 157 Å². The van der Waals surface area contributed by atoms with Gasteiger partial charge in [-0.1, -0.05) is 19.8 Å². The maximum absolute atomic E-state index is 12.5. The van der Waals surface area contributed by atoms with E-state index in [0.29, 0.717) is 5.92 Å². The van der Waals surface area contributed by atoms with Gasteiger partial charge in [0.15, 0.2) is 11.5 Å². The molecule has 144 valence electrons. The van der Waals surface area contributed by atoms with E-state index in [-0.39, 0.29) is 34.4 Å². The molecule has 0 saturated heterocycles. The van der Waals surface area contributed by atoms with Crippen LogP contribution in [-0.4, -0.2) is 31.1 Å². The van der Waals surface area contributed by atoms with Crippen molar-refractivity contribution in [1.29, 1.82) is 5.26 Å². The van der Waals surface area contributed by atoms with Gasteiger partial charge in [-0.3, -0.25) is 14.9 Å². The molecule has 1 saturated carbocycles. The average molecular weight is 373 g/mol. The summed E-state index contributed by atoms with van der Waals surface area (Å²) in [6.07, 6.45) is 5.26. The van der Waals surface area contributed by atoms with Crippen LogP contribution in [0.15, 0.2) is 17.7 Å². The molecule has 2 atom stereocenters. The molecule has 0 aromatic heterocycles. The lowest BCUT2D eigenvalue weighted by Crippen LogP contribution is -2.41. The number of methoxy groups -OCH3 is 2. The van der Waals surface area contributed by atoms with Crippen molar-refractivity contribution in [1.82, 2.24) is 5.32 Å². The first kappa shape index (κ1) is 20.2. The minimum atomic E-state index is -0.593. The van der Waals surface area contributed by atoms with Gasteiger partial charge in [-0.25, -0.2) is 0 Å². The summed E-state index contributed by atoms with van der Waals surface area (Å²) >= 11 is 0. The molecule has 0 unspecified atom stereocenters. The number of benzene rings is 1. The Bertz CT molecular complexity index is 797. The predicted molar refractivity (Wildman–Crippen MR) is 99.4 cm³/mol. The van der Waals surface area contributed by atoms with E-state index < -0.39 is 10.8 Å². The molecule has 8 heteroatoms. The fourth-order valence-electron chi connectivity index (χ4n) is 3.24. The third-order valence-corrected chi connectivity index (χ3v) is 4.82. The lowest BCUT2D eigenvalue weighted by atomic mass is 9.86. The van der Waals surface area contributed by atoms with Crippen molar-refractivity contribution < 1.29 is 19.2 Å². The first-order valence-electron chi connectivity index (χ1n) is 8.74. The second kappa shape index (κ2) is 9.03. The number of carbonyl (C=O) groups is 1. The van der Waals surface area contributed by atoms with Crippen molar-refractivity contribution >= 4 is 17.7 Å². The number of amides is 1. The molecule has 1 aliphatic rings. The zero-order valence-electron chi connectivity index (χ0n) is 15.7. The van der Waals surface area contributed by atoms with Crippen LogP contribution < -0.4 is 14.8 Å². The summed E-state index contributed by atoms with van der Waals surface area (Å²) in [5.41, 5.74) is -0.372. The first-order chi connectivity index (χ1) is 12.9. The molecule has 0 aliphatic heterocycles. The molecule has 0 spiro atoms. The van der Waals surface area contributed by atoms with Crippen LogP contribution in [0.3, 0.4) is 0 Å². The number of ether oxygens (including phenoxy) is 2. The van der Waals surface area contributed by atoms with E-state index >= 15 is 0 Å². The fraction of sp³-hybridized carbons (Fsp3) is 0.474. The van der Waals surface area contributed by atoms with E-state index in [0.717, 1.165) is 25.7 Å². The van der Waals surface area contributed by atoms with Gasteiger partial charge in [0.25, 0.3) is 11.6 Å². The highest BCUT2D eigenvalue weighted by Crippen LogP contribution is 2.35. The molecule has 1 aromatic carbocycles. The third kappa shape index (κ3) is 4.76. The second-order valence-corrected chi connectivity index (χ2v) is 6.53. The maximum atomic E-state index is 12.5. The number of rotatable bonds is 6. The highest BCUT2D eigenvalue weighted by molar-refractivity contribution is 6.02. The van der Waals surface area contributed by atoms with Crippen molar-refractivity contribution in [3.8, 4) is 17.6 Å². The van der Waals surface area contributed by atoms with Gasteiger partial charge in [0, 0.05) is 6.04 Å². The van der Waals surface area contributed by atoms with Crippen molar-refractivity contribution in [2.24, 2.45) is 5.92 Å². The monoisotopic (exact) mass is 373 g/mol. The maximum Gasteiger partial charge on any atom is 0.280 e. The van der Waals surface area contributed by atoms with Crippen LogP contribution in [0.5, 0.6) is 11.5 Å². The Morgan fingerprint density at radius 2 is 1.93 bits per heavy atom. The molecule has 1 aromatic rings. The van der Waals surface area contributed by atoms with Crippen LogP contribution in [-0.2, 0) is 4.79 Å². The molecule has 0 radical (unpaired) electrons. The number of carbonyl (C=O) groups excluding carboxylic acids is 1. The normalized spacial score (nSPS) is 19.7. The van der Waals surface area contributed by atoms with Gasteiger partial charge in [-0.05, 0) is 30.9 Å². The van der Waals surface area contributed by atoms with Gasteiger partial charge in [-0.2, -0.15) is 5.26 Å². The molecule has 2 rings (SSSR count). The largest absolute Gasteiger partial charge is 0.493 e. The molecule has 1 amide bonds. The standard InChI is InChI=1S/C19H23N3O5/c1-12-6-4-5-7-15(12)21-19(23)14(11-20)8-13-9-17(26-2)18(27-3)10-16(13)22(24)25/h8-10,12,15H,4-7H2,1-3H3,(H,21,23)/b14-8+/t12-,15+/m0/s1. The van der Waals surface area contributed by atoms with E-state index in [9.17, 15) is 20.2 Å². The molecular formula is C19H23N3O5. The zero-order valence-corrected chi connectivity index (χ0v) is 15.7. The first-order valence-corrected chi connectivity index (χ1v) is 8.74. The summed E-state index contributed by atoms with van der Waals surface area (Å²) in [5, 5.41) is 23.7. The van der Waals surface area contributed by atoms with E-state index in [1.165, 1.54) is 32.4 Å². The Kier molecular flexibility index (Phi) is 6.77. The van der Waals surface area contributed by atoms with E-state index in [1.54, 1.807) is 0 Å². The number of nitrogens with zero attached hydrogens (tertiary/aromatic N) is 2. The molecular weight excluding hydrogens is 350 g/mol. The molecule has 0 heterocycles. The number of nitro benzene ring substituents is 1. The van der Waals surface area contributed by atoms with Crippen molar-refractivity contribution in [2.45, 2.75) is 38.6 Å². The quantitative estimate of drug-likeness (QED) is 0.354. The van der Waals surface area contributed by atoms with E-state index in [1.807, 2.05) is 6.07 Å².